The topological polar surface area (TPSA) is 18.5 Å². The fourth-order valence-electron chi connectivity index (χ4n) is 2.96. The molecule has 0 spiro atoms. The van der Waals surface area contributed by atoms with Crippen LogP contribution in [0, 0.1) is 0 Å². The molecule has 0 radical (unpaired) electrons. The van der Waals surface area contributed by atoms with E-state index in [0.717, 1.165) is 12.8 Å². The quantitative estimate of drug-likeness (QED) is 0.548. The Morgan fingerprint density at radius 1 is 1.00 bits per heavy atom. The molecule has 1 aliphatic rings. The lowest BCUT2D eigenvalue weighted by Crippen LogP contribution is -2.22. The van der Waals surface area contributed by atoms with Gasteiger partial charge in [0, 0.05) is 13.0 Å². The minimum Gasteiger partial charge on any atom is -0.377 e. The van der Waals surface area contributed by atoms with Crippen LogP contribution in [0.25, 0.3) is 0 Å². The normalized spacial score (nSPS) is 21.0. The molecule has 0 amide bonds. The number of rotatable bonds is 6. The second-order valence-corrected chi connectivity index (χ2v) is 6.12. The van der Waals surface area contributed by atoms with Gasteiger partial charge in [-0.15, -0.1) is 0 Å². The van der Waals surface area contributed by atoms with Crippen molar-refractivity contribution >= 4 is 0 Å². The van der Waals surface area contributed by atoms with E-state index in [1.54, 1.807) is 0 Å². The predicted molar refractivity (Wildman–Crippen MR) is 93.1 cm³/mol. The average Bonchev–Trinajstić information content (AvgIpc) is 2.60. The summed E-state index contributed by atoms with van der Waals surface area (Å²) in [6.45, 7) is 3.57. The summed E-state index contributed by atoms with van der Waals surface area (Å²) in [6.07, 6.45) is 4.43. The Kier molecular flexibility index (Phi) is 5.62. The van der Waals surface area contributed by atoms with E-state index in [1.165, 1.54) is 16.7 Å². The molecule has 0 saturated carbocycles. The lowest BCUT2D eigenvalue weighted by Gasteiger charge is -2.29. The van der Waals surface area contributed by atoms with Crippen molar-refractivity contribution in [1.29, 1.82) is 0 Å². The first-order chi connectivity index (χ1) is 11.3. The highest BCUT2D eigenvalue weighted by atomic mass is 16.5. The Bertz CT molecular complexity index is 619. The largest absolute Gasteiger partial charge is 0.377 e. The van der Waals surface area contributed by atoms with Gasteiger partial charge < -0.3 is 9.47 Å². The molecule has 23 heavy (non-hydrogen) atoms. The number of benzene rings is 2. The van der Waals surface area contributed by atoms with Crippen LogP contribution in [0.3, 0.4) is 0 Å². The fraction of sp³-hybridized carbons (Fsp3) is 0.333. The van der Waals surface area contributed by atoms with Crippen molar-refractivity contribution in [1.82, 2.24) is 0 Å². The molecule has 0 bridgehead atoms. The third-order valence-corrected chi connectivity index (χ3v) is 4.15. The zero-order chi connectivity index (χ0) is 15.9. The van der Waals surface area contributed by atoms with Crippen LogP contribution in [-0.4, -0.2) is 12.7 Å². The molecule has 0 aliphatic carbocycles. The van der Waals surface area contributed by atoms with Crippen LogP contribution < -0.4 is 0 Å². The molecule has 0 N–H and O–H groups in total. The fourth-order valence-corrected chi connectivity index (χ4v) is 2.96. The van der Waals surface area contributed by atoms with Gasteiger partial charge in [-0.3, -0.25) is 0 Å². The first kappa shape index (κ1) is 16.0. The molecule has 0 aromatic heterocycles. The van der Waals surface area contributed by atoms with Crippen LogP contribution in [-0.2, 0) is 16.1 Å². The van der Waals surface area contributed by atoms with Gasteiger partial charge in [0.05, 0.1) is 18.8 Å². The maximum Gasteiger partial charge on any atom is 0.0870 e. The van der Waals surface area contributed by atoms with Crippen molar-refractivity contribution < 1.29 is 9.47 Å². The number of hydrogen-bond acceptors (Lipinski definition) is 2. The average molecular weight is 308 g/mol. The molecule has 1 aliphatic heterocycles. The molecule has 1 heterocycles. The van der Waals surface area contributed by atoms with Crippen LogP contribution in [0.4, 0.5) is 0 Å². The Morgan fingerprint density at radius 2 is 1.70 bits per heavy atom. The first-order valence-electron chi connectivity index (χ1n) is 8.30. The van der Waals surface area contributed by atoms with Gasteiger partial charge in [0.1, 0.15) is 0 Å². The van der Waals surface area contributed by atoms with Gasteiger partial charge in [-0.25, -0.2) is 0 Å². The van der Waals surface area contributed by atoms with Crippen LogP contribution in [0.15, 0.2) is 72.3 Å². The molecule has 2 heteroatoms. The van der Waals surface area contributed by atoms with Crippen molar-refractivity contribution in [3.63, 3.8) is 0 Å². The highest BCUT2D eigenvalue weighted by molar-refractivity contribution is 5.21. The maximum absolute atomic E-state index is 6.24. The summed E-state index contributed by atoms with van der Waals surface area (Å²) in [4.78, 5) is 0. The lowest BCUT2D eigenvalue weighted by molar-refractivity contribution is -0.0176. The molecule has 120 valence electrons. The van der Waals surface area contributed by atoms with E-state index in [9.17, 15) is 0 Å². The second kappa shape index (κ2) is 8.09. The van der Waals surface area contributed by atoms with E-state index in [-0.39, 0.29) is 12.2 Å². The Morgan fingerprint density at radius 3 is 2.43 bits per heavy atom. The Labute approximate surface area is 138 Å². The van der Waals surface area contributed by atoms with E-state index in [4.69, 9.17) is 9.47 Å². The summed E-state index contributed by atoms with van der Waals surface area (Å²) in [5, 5.41) is 0. The number of hydrogen-bond donors (Lipinski definition) is 0. The van der Waals surface area contributed by atoms with E-state index < -0.39 is 0 Å². The van der Waals surface area contributed by atoms with Gasteiger partial charge in [0.15, 0.2) is 0 Å². The van der Waals surface area contributed by atoms with Crippen molar-refractivity contribution in [3.8, 4) is 0 Å². The van der Waals surface area contributed by atoms with Gasteiger partial charge in [-0.05, 0) is 24.5 Å². The molecule has 0 saturated heterocycles. The standard InChI is InChI=1S/C21H24O2/c1-17-14-20(12-13-22-16-18-8-4-2-5-9-18)23-21(15-17)19-10-6-3-7-11-19/h2-11,14,20-21H,12-13,15-16H2,1H3/t20?,21-/m1/s1. The zero-order valence-electron chi connectivity index (χ0n) is 13.7. The SMILES string of the molecule is CC1=CC(CCOCc2ccccc2)O[C@@H](c2ccccc2)C1. The summed E-state index contributed by atoms with van der Waals surface area (Å²) in [5.41, 5.74) is 3.87. The smallest absolute Gasteiger partial charge is 0.0870 e. The molecular weight excluding hydrogens is 284 g/mol. The summed E-state index contributed by atoms with van der Waals surface area (Å²) >= 11 is 0. The van der Waals surface area contributed by atoms with Crippen LogP contribution in [0.2, 0.25) is 0 Å². The number of ether oxygens (including phenoxy) is 2. The molecular formula is C21H24O2. The Balaban J connectivity index is 1.49. The minimum atomic E-state index is 0.143. The van der Waals surface area contributed by atoms with Crippen molar-refractivity contribution in [2.24, 2.45) is 0 Å². The molecule has 2 nitrogen and oxygen atoms in total. The Hall–Kier alpha value is -1.90. The van der Waals surface area contributed by atoms with Crippen LogP contribution >= 0.6 is 0 Å². The van der Waals surface area contributed by atoms with Gasteiger partial charge in [0.25, 0.3) is 0 Å². The van der Waals surface area contributed by atoms with Crippen molar-refractivity contribution in [2.75, 3.05) is 6.61 Å². The van der Waals surface area contributed by atoms with Crippen molar-refractivity contribution in [2.45, 2.75) is 38.6 Å². The predicted octanol–water partition coefficient (Wildman–Crippen LogP) is 5.07. The summed E-state index contributed by atoms with van der Waals surface area (Å²) in [7, 11) is 0. The molecule has 2 aromatic rings. The van der Waals surface area contributed by atoms with Crippen LogP contribution in [0.1, 0.15) is 37.0 Å². The summed E-state index contributed by atoms with van der Waals surface area (Å²) < 4.78 is 12.0. The molecule has 1 unspecified atom stereocenters. The highest BCUT2D eigenvalue weighted by Gasteiger charge is 2.22. The first-order valence-corrected chi connectivity index (χ1v) is 8.30. The summed E-state index contributed by atoms with van der Waals surface area (Å²) in [6, 6.07) is 20.8. The van der Waals surface area contributed by atoms with Gasteiger partial charge >= 0.3 is 0 Å². The second-order valence-electron chi connectivity index (χ2n) is 6.12. The van der Waals surface area contributed by atoms with E-state index in [1.807, 2.05) is 24.3 Å². The third-order valence-electron chi connectivity index (χ3n) is 4.15. The van der Waals surface area contributed by atoms with Gasteiger partial charge in [0.2, 0.25) is 0 Å². The van der Waals surface area contributed by atoms with Crippen molar-refractivity contribution in [3.05, 3.63) is 83.4 Å². The molecule has 2 atom stereocenters. The van der Waals surface area contributed by atoms with E-state index in [2.05, 4.69) is 49.4 Å². The summed E-state index contributed by atoms with van der Waals surface area (Å²) in [5.74, 6) is 0. The van der Waals surface area contributed by atoms with Gasteiger partial charge in [-0.2, -0.15) is 0 Å². The molecule has 0 fully saturated rings. The highest BCUT2D eigenvalue weighted by Crippen LogP contribution is 2.31. The van der Waals surface area contributed by atoms with E-state index in [0.29, 0.717) is 13.2 Å². The van der Waals surface area contributed by atoms with Crippen LogP contribution in [0.5, 0.6) is 0 Å². The maximum atomic E-state index is 6.24. The lowest BCUT2D eigenvalue weighted by atomic mass is 9.97. The minimum absolute atomic E-state index is 0.143. The van der Waals surface area contributed by atoms with E-state index >= 15 is 0 Å². The molecule has 3 rings (SSSR count). The van der Waals surface area contributed by atoms with Gasteiger partial charge in [-0.1, -0.05) is 72.3 Å². The zero-order valence-corrected chi connectivity index (χ0v) is 13.7. The molecule has 2 aromatic carbocycles. The third kappa shape index (κ3) is 4.78. The monoisotopic (exact) mass is 308 g/mol.